The molecule has 0 aromatic carbocycles. The molecule has 0 rings (SSSR count). The highest BCUT2D eigenvalue weighted by atomic mass is 35.5. The molecule has 4 heteroatoms. The van der Waals surface area contributed by atoms with Crippen molar-refractivity contribution in [3.63, 3.8) is 0 Å². The molecule has 0 heterocycles. The van der Waals surface area contributed by atoms with E-state index in [0.29, 0.717) is 6.42 Å². The van der Waals surface area contributed by atoms with Gasteiger partial charge in [0, 0.05) is 0 Å². The average Bonchev–Trinajstić information content (AvgIpc) is 1.82. The number of halogens is 1. The maximum Gasteiger partial charge on any atom is 0.234 e. The van der Waals surface area contributed by atoms with Crippen LogP contribution in [0.3, 0.4) is 0 Å². The summed E-state index contributed by atoms with van der Waals surface area (Å²) in [5, 5.41) is 0. The molecule has 0 aromatic heterocycles. The van der Waals surface area contributed by atoms with Gasteiger partial charge in [-0.3, -0.25) is 4.79 Å². The monoisotopic (exact) mass is 166 g/mol. The van der Waals surface area contributed by atoms with Crippen molar-refractivity contribution in [3.05, 3.63) is 0 Å². The molecule has 1 unspecified atom stereocenters. The maximum absolute atomic E-state index is 10.3. The van der Waals surface area contributed by atoms with Crippen LogP contribution < -0.4 is 11.5 Å². The van der Waals surface area contributed by atoms with Gasteiger partial charge in [-0.05, 0) is 6.42 Å². The number of carbonyl (C=O) groups is 1. The van der Waals surface area contributed by atoms with E-state index >= 15 is 0 Å². The lowest BCUT2D eigenvalue weighted by atomic mass is 10.1. The molecule has 0 aliphatic carbocycles. The molecule has 1 atom stereocenters. The van der Waals surface area contributed by atoms with Crippen molar-refractivity contribution in [3.8, 4) is 0 Å². The highest BCUT2D eigenvalue weighted by Crippen LogP contribution is 1.96. The fourth-order valence-electron chi connectivity index (χ4n) is 0.566. The zero-order chi connectivity index (χ0) is 7.28. The van der Waals surface area contributed by atoms with E-state index in [9.17, 15) is 4.79 Å². The summed E-state index contributed by atoms with van der Waals surface area (Å²) >= 11 is 0. The Morgan fingerprint density at radius 2 is 2.10 bits per heavy atom. The van der Waals surface area contributed by atoms with Gasteiger partial charge in [-0.2, -0.15) is 0 Å². The van der Waals surface area contributed by atoms with Crippen LogP contribution >= 0.6 is 12.4 Å². The molecule has 0 aliphatic rings. The summed E-state index contributed by atoms with van der Waals surface area (Å²) < 4.78 is 0. The van der Waals surface area contributed by atoms with Crippen LogP contribution in [0.1, 0.15) is 26.2 Å². The molecule has 0 radical (unpaired) electrons. The number of amides is 1. The zero-order valence-electron chi connectivity index (χ0n) is 6.17. The lowest BCUT2D eigenvalue weighted by Gasteiger charge is -2.03. The predicted molar refractivity (Wildman–Crippen MR) is 43.9 cm³/mol. The molecule has 10 heavy (non-hydrogen) atoms. The van der Waals surface area contributed by atoms with Crippen LogP contribution in [0.5, 0.6) is 0 Å². The van der Waals surface area contributed by atoms with E-state index in [1.807, 2.05) is 6.92 Å². The summed E-state index contributed by atoms with van der Waals surface area (Å²) in [6.07, 6.45) is 2.75. The predicted octanol–water partition coefficient (Wildman–Crippen LogP) is 0.411. The molecule has 0 bridgehead atoms. The van der Waals surface area contributed by atoms with Crippen LogP contribution in [0.4, 0.5) is 0 Å². The normalized spacial score (nSPS) is 11.8. The molecule has 0 aliphatic heterocycles. The van der Waals surface area contributed by atoms with E-state index in [1.165, 1.54) is 0 Å². The van der Waals surface area contributed by atoms with Gasteiger partial charge in [0.25, 0.3) is 0 Å². The third-order valence-electron chi connectivity index (χ3n) is 1.23. The first-order valence-electron chi connectivity index (χ1n) is 3.23. The minimum atomic E-state index is -0.440. The lowest BCUT2D eigenvalue weighted by Crippen LogP contribution is -2.36. The van der Waals surface area contributed by atoms with Crippen LogP contribution in [-0.2, 0) is 4.79 Å². The Bertz CT molecular complexity index is 97.7. The second kappa shape index (κ2) is 6.83. The Balaban J connectivity index is 0. The molecular formula is C6H15ClN2O. The van der Waals surface area contributed by atoms with Crippen molar-refractivity contribution in [2.75, 3.05) is 0 Å². The number of nitrogens with two attached hydrogens (primary N) is 2. The molecule has 0 fully saturated rings. The van der Waals surface area contributed by atoms with Gasteiger partial charge >= 0.3 is 0 Å². The smallest absolute Gasteiger partial charge is 0.234 e. The van der Waals surface area contributed by atoms with Crippen LogP contribution in [0, 0.1) is 0 Å². The Morgan fingerprint density at radius 1 is 1.60 bits per heavy atom. The topological polar surface area (TPSA) is 69.1 Å². The van der Waals surface area contributed by atoms with Crippen molar-refractivity contribution in [2.24, 2.45) is 11.5 Å². The van der Waals surface area contributed by atoms with Crippen molar-refractivity contribution in [1.82, 2.24) is 0 Å². The lowest BCUT2D eigenvalue weighted by molar-refractivity contribution is -0.119. The quantitative estimate of drug-likeness (QED) is 0.635. The second-order valence-electron chi connectivity index (χ2n) is 2.15. The number of hydrogen-bond acceptors (Lipinski definition) is 2. The van der Waals surface area contributed by atoms with E-state index in [-0.39, 0.29) is 12.4 Å². The van der Waals surface area contributed by atoms with E-state index in [4.69, 9.17) is 11.5 Å². The SMILES string of the molecule is CCCCC(N)C(N)=O.Cl. The number of carbonyl (C=O) groups excluding carboxylic acids is 1. The van der Waals surface area contributed by atoms with Gasteiger partial charge in [-0.1, -0.05) is 19.8 Å². The van der Waals surface area contributed by atoms with Gasteiger partial charge in [-0.15, -0.1) is 12.4 Å². The van der Waals surface area contributed by atoms with Crippen molar-refractivity contribution >= 4 is 18.3 Å². The fraction of sp³-hybridized carbons (Fsp3) is 0.833. The van der Waals surface area contributed by atoms with Crippen LogP contribution in [0.25, 0.3) is 0 Å². The van der Waals surface area contributed by atoms with Gasteiger partial charge < -0.3 is 11.5 Å². The fourth-order valence-corrected chi connectivity index (χ4v) is 0.566. The van der Waals surface area contributed by atoms with E-state index in [0.717, 1.165) is 12.8 Å². The maximum atomic E-state index is 10.3. The summed E-state index contributed by atoms with van der Waals surface area (Å²) in [5.41, 5.74) is 10.2. The van der Waals surface area contributed by atoms with E-state index < -0.39 is 11.9 Å². The highest BCUT2D eigenvalue weighted by Gasteiger charge is 2.06. The molecule has 0 saturated heterocycles. The van der Waals surface area contributed by atoms with Gasteiger partial charge in [-0.25, -0.2) is 0 Å². The Hall–Kier alpha value is -0.280. The van der Waals surface area contributed by atoms with E-state index in [1.54, 1.807) is 0 Å². The number of hydrogen-bond donors (Lipinski definition) is 2. The molecule has 4 N–H and O–H groups in total. The Labute approximate surface area is 67.6 Å². The molecular weight excluding hydrogens is 152 g/mol. The van der Waals surface area contributed by atoms with Crippen LogP contribution in [0.15, 0.2) is 0 Å². The molecule has 0 saturated carbocycles. The highest BCUT2D eigenvalue weighted by molar-refractivity contribution is 5.85. The van der Waals surface area contributed by atoms with Gasteiger partial charge in [0.05, 0.1) is 6.04 Å². The van der Waals surface area contributed by atoms with Crippen LogP contribution in [0.2, 0.25) is 0 Å². The van der Waals surface area contributed by atoms with Crippen molar-refractivity contribution in [1.29, 1.82) is 0 Å². The first-order chi connectivity index (χ1) is 4.18. The summed E-state index contributed by atoms with van der Waals surface area (Å²) in [5.74, 6) is -0.400. The van der Waals surface area contributed by atoms with Crippen molar-refractivity contribution < 1.29 is 4.79 Å². The average molecular weight is 167 g/mol. The minimum absolute atomic E-state index is 0. The third-order valence-corrected chi connectivity index (χ3v) is 1.23. The second-order valence-corrected chi connectivity index (χ2v) is 2.15. The Morgan fingerprint density at radius 3 is 2.40 bits per heavy atom. The van der Waals surface area contributed by atoms with Gasteiger partial charge in [0.15, 0.2) is 0 Å². The number of primary amides is 1. The first-order valence-corrected chi connectivity index (χ1v) is 3.23. The largest absolute Gasteiger partial charge is 0.368 e. The molecule has 62 valence electrons. The molecule has 1 amide bonds. The zero-order valence-corrected chi connectivity index (χ0v) is 6.99. The summed E-state index contributed by atoms with van der Waals surface area (Å²) in [4.78, 5) is 10.3. The number of rotatable bonds is 4. The third kappa shape index (κ3) is 5.85. The van der Waals surface area contributed by atoms with Crippen molar-refractivity contribution in [2.45, 2.75) is 32.2 Å². The first kappa shape index (κ1) is 12.4. The number of unbranched alkanes of at least 4 members (excludes halogenated alkanes) is 1. The summed E-state index contributed by atoms with van der Waals surface area (Å²) in [7, 11) is 0. The molecule has 3 nitrogen and oxygen atoms in total. The van der Waals surface area contributed by atoms with Gasteiger partial charge in [0.2, 0.25) is 5.91 Å². The summed E-state index contributed by atoms with van der Waals surface area (Å²) in [6, 6.07) is -0.440. The van der Waals surface area contributed by atoms with Crippen LogP contribution in [-0.4, -0.2) is 11.9 Å². The molecule has 0 spiro atoms. The van der Waals surface area contributed by atoms with E-state index in [2.05, 4.69) is 0 Å². The standard InChI is InChI=1S/C6H14N2O.ClH/c1-2-3-4-5(7)6(8)9;/h5H,2-4,7H2,1H3,(H2,8,9);1H. The molecule has 0 aromatic rings. The van der Waals surface area contributed by atoms with Gasteiger partial charge in [0.1, 0.15) is 0 Å². The minimum Gasteiger partial charge on any atom is -0.368 e. The summed E-state index contributed by atoms with van der Waals surface area (Å²) in [6.45, 7) is 2.05. The Kier molecular flexibility index (Phi) is 8.48.